The maximum Gasteiger partial charge on any atom is 0.363 e. The molecule has 0 amide bonds. The Morgan fingerprint density at radius 1 is 1.00 bits per heavy atom. The molecule has 0 spiro atoms. The Morgan fingerprint density at radius 2 is 1.45 bits per heavy atom. The van der Waals surface area contributed by atoms with Crippen LogP contribution >= 0.6 is 7.60 Å². The van der Waals surface area contributed by atoms with Gasteiger partial charge in [-0.15, -0.1) is 0 Å². The lowest BCUT2D eigenvalue weighted by Crippen LogP contribution is -2.13. The molecule has 5 nitrogen and oxygen atoms in total. The first-order chi connectivity index (χ1) is 9.28. The first-order valence-electron chi connectivity index (χ1n) is 6.57. The third kappa shape index (κ3) is 4.60. The van der Waals surface area contributed by atoms with E-state index in [0.29, 0.717) is 11.3 Å². The van der Waals surface area contributed by atoms with Gasteiger partial charge >= 0.3 is 7.60 Å². The highest BCUT2D eigenvalue weighted by molar-refractivity contribution is 7.54. The van der Waals surface area contributed by atoms with Gasteiger partial charge in [0.1, 0.15) is 5.75 Å². The van der Waals surface area contributed by atoms with Gasteiger partial charge in [-0.2, -0.15) is 0 Å². The molecule has 1 N–H and O–H groups in total. The highest BCUT2D eigenvalue weighted by atomic mass is 31.2. The van der Waals surface area contributed by atoms with E-state index in [1.54, 1.807) is 59.1 Å². The minimum Gasteiger partial charge on any atom is -0.497 e. The molecule has 114 valence electrons. The van der Waals surface area contributed by atoms with Crippen molar-refractivity contribution in [2.24, 2.45) is 0 Å². The van der Waals surface area contributed by atoms with Crippen LogP contribution in [0.3, 0.4) is 0 Å². The molecule has 0 saturated carbocycles. The van der Waals surface area contributed by atoms with Crippen LogP contribution in [0.1, 0.15) is 39.1 Å². The largest absolute Gasteiger partial charge is 0.497 e. The molecule has 1 rings (SSSR count). The number of aliphatic hydroxyl groups excluding tert-OH is 1. The quantitative estimate of drug-likeness (QED) is 0.777. The van der Waals surface area contributed by atoms with Crippen LogP contribution in [0.5, 0.6) is 5.75 Å². The molecule has 0 bridgehead atoms. The van der Waals surface area contributed by atoms with Crippen molar-refractivity contribution in [1.29, 1.82) is 0 Å². The summed E-state index contributed by atoms with van der Waals surface area (Å²) in [4.78, 5) is 0. The Bertz CT molecular complexity index is 441. The van der Waals surface area contributed by atoms with Gasteiger partial charge in [-0.25, -0.2) is 0 Å². The van der Waals surface area contributed by atoms with E-state index in [2.05, 4.69) is 0 Å². The van der Waals surface area contributed by atoms with E-state index in [9.17, 15) is 9.67 Å². The average Bonchev–Trinajstić information content (AvgIpc) is 2.36. The molecule has 1 aromatic carbocycles. The van der Waals surface area contributed by atoms with Gasteiger partial charge in [-0.3, -0.25) is 4.57 Å². The van der Waals surface area contributed by atoms with Crippen molar-refractivity contribution in [2.75, 3.05) is 7.11 Å². The topological polar surface area (TPSA) is 65.0 Å². The van der Waals surface area contributed by atoms with Crippen molar-refractivity contribution >= 4 is 7.60 Å². The van der Waals surface area contributed by atoms with Gasteiger partial charge < -0.3 is 18.9 Å². The second-order valence-electron chi connectivity index (χ2n) is 4.99. The number of aliphatic hydroxyl groups is 1. The lowest BCUT2D eigenvalue weighted by Gasteiger charge is -2.27. The smallest absolute Gasteiger partial charge is 0.363 e. The molecule has 0 fully saturated rings. The van der Waals surface area contributed by atoms with Gasteiger partial charge in [-0.05, 0) is 45.4 Å². The van der Waals surface area contributed by atoms with Crippen LogP contribution in [0, 0.1) is 0 Å². The summed E-state index contributed by atoms with van der Waals surface area (Å²) < 4.78 is 28.6. The van der Waals surface area contributed by atoms with Gasteiger partial charge in [0.05, 0.1) is 19.3 Å². The van der Waals surface area contributed by atoms with Crippen LogP contribution in [-0.4, -0.2) is 24.4 Å². The zero-order valence-electron chi connectivity index (χ0n) is 12.6. The average molecular weight is 302 g/mol. The number of ether oxygens (including phenoxy) is 1. The summed E-state index contributed by atoms with van der Waals surface area (Å²) in [5, 5.41) is 10.3. The van der Waals surface area contributed by atoms with E-state index in [1.165, 1.54) is 0 Å². The molecular weight excluding hydrogens is 279 g/mol. The van der Waals surface area contributed by atoms with Crippen molar-refractivity contribution in [1.82, 2.24) is 0 Å². The molecule has 0 aromatic heterocycles. The Labute approximate surface area is 120 Å². The fraction of sp³-hybridized carbons (Fsp3) is 0.571. The Morgan fingerprint density at radius 3 is 1.80 bits per heavy atom. The predicted molar refractivity (Wildman–Crippen MR) is 78.0 cm³/mol. The summed E-state index contributed by atoms with van der Waals surface area (Å²) in [6, 6.07) is 6.66. The van der Waals surface area contributed by atoms with E-state index >= 15 is 0 Å². The standard InChI is InChI=1S/C14H23O5P/c1-10(2)18-20(16,19-11(3)4)14(15)12-6-8-13(17-5)9-7-12/h6-11,14-15H,1-5H3/t14-/m0/s1. The van der Waals surface area contributed by atoms with Crippen molar-refractivity contribution in [3.63, 3.8) is 0 Å². The first kappa shape index (κ1) is 17.2. The monoisotopic (exact) mass is 302 g/mol. The second kappa shape index (κ2) is 7.23. The second-order valence-corrected chi connectivity index (χ2v) is 6.99. The molecule has 1 aromatic rings. The zero-order valence-corrected chi connectivity index (χ0v) is 13.5. The molecule has 20 heavy (non-hydrogen) atoms. The van der Waals surface area contributed by atoms with Crippen molar-refractivity contribution in [3.05, 3.63) is 29.8 Å². The normalized spacial score (nSPS) is 13.8. The van der Waals surface area contributed by atoms with E-state index in [0.717, 1.165) is 0 Å². The highest BCUT2D eigenvalue weighted by Crippen LogP contribution is 2.61. The lowest BCUT2D eigenvalue weighted by atomic mass is 10.2. The maximum atomic E-state index is 12.8. The molecule has 0 aliphatic rings. The number of methoxy groups -OCH3 is 1. The summed E-state index contributed by atoms with van der Waals surface area (Å²) in [6.07, 6.45) is -0.625. The fourth-order valence-electron chi connectivity index (χ4n) is 1.69. The van der Waals surface area contributed by atoms with Crippen molar-refractivity contribution in [2.45, 2.75) is 45.7 Å². The SMILES string of the molecule is COc1ccc([C@@H](O)P(=O)(OC(C)C)OC(C)C)cc1. The number of hydrogen-bond acceptors (Lipinski definition) is 5. The van der Waals surface area contributed by atoms with Crippen LogP contribution in [0.4, 0.5) is 0 Å². The molecule has 0 unspecified atom stereocenters. The number of benzene rings is 1. The van der Waals surface area contributed by atoms with E-state index < -0.39 is 13.4 Å². The van der Waals surface area contributed by atoms with Gasteiger partial charge in [0.15, 0.2) is 5.85 Å². The Kier molecular flexibility index (Phi) is 6.21. The zero-order chi connectivity index (χ0) is 15.3. The predicted octanol–water partition coefficient (Wildman–Crippen LogP) is 3.73. The molecule has 0 aliphatic heterocycles. The van der Waals surface area contributed by atoms with E-state index in [4.69, 9.17) is 13.8 Å². The lowest BCUT2D eigenvalue weighted by molar-refractivity contribution is 0.101. The third-order valence-electron chi connectivity index (χ3n) is 2.43. The summed E-state index contributed by atoms with van der Waals surface area (Å²) in [5.74, 6) is -0.663. The van der Waals surface area contributed by atoms with E-state index in [1.807, 2.05) is 0 Å². The van der Waals surface area contributed by atoms with Crippen molar-refractivity contribution in [3.8, 4) is 5.75 Å². The fourth-order valence-corrected chi connectivity index (χ4v) is 3.68. The molecule has 1 atom stereocenters. The minimum absolute atomic E-state index is 0.313. The van der Waals surface area contributed by atoms with Crippen LogP contribution in [0.2, 0.25) is 0 Å². The molecule has 0 saturated heterocycles. The summed E-state index contributed by atoms with van der Waals surface area (Å²) in [5.41, 5.74) is 0.468. The highest BCUT2D eigenvalue weighted by Gasteiger charge is 2.37. The van der Waals surface area contributed by atoms with Gasteiger partial charge in [-0.1, -0.05) is 12.1 Å². The minimum atomic E-state index is -3.65. The molecule has 0 aliphatic carbocycles. The van der Waals surface area contributed by atoms with Gasteiger partial charge in [0.2, 0.25) is 0 Å². The summed E-state index contributed by atoms with van der Waals surface area (Å²) >= 11 is 0. The number of hydrogen-bond donors (Lipinski definition) is 1. The molecule has 0 radical (unpaired) electrons. The maximum absolute atomic E-state index is 12.8. The molecule has 6 heteroatoms. The van der Waals surface area contributed by atoms with Crippen LogP contribution in [-0.2, 0) is 13.6 Å². The molecule has 0 heterocycles. The van der Waals surface area contributed by atoms with Crippen LogP contribution in [0.15, 0.2) is 24.3 Å². The molecular formula is C14H23O5P. The van der Waals surface area contributed by atoms with Crippen LogP contribution < -0.4 is 4.74 Å². The first-order valence-corrected chi connectivity index (χ1v) is 8.18. The van der Waals surface area contributed by atoms with Crippen LogP contribution in [0.25, 0.3) is 0 Å². The summed E-state index contributed by atoms with van der Waals surface area (Å²) in [7, 11) is -2.10. The summed E-state index contributed by atoms with van der Waals surface area (Å²) in [6.45, 7) is 6.99. The van der Waals surface area contributed by atoms with Gasteiger partial charge in [0, 0.05) is 0 Å². The Balaban J connectivity index is 3.02. The van der Waals surface area contributed by atoms with Crippen molar-refractivity contribution < 1.29 is 23.5 Å². The third-order valence-corrected chi connectivity index (χ3v) is 4.76. The Hall–Kier alpha value is -0.870. The van der Waals surface area contributed by atoms with E-state index in [-0.39, 0.29) is 12.2 Å². The number of rotatable bonds is 7. The van der Waals surface area contributed by atoms with Gasteiger partial charge in [0.25, 0.3) is 0 Å².